The normalized spacial score (nSPS) is 12.4. The number of hydrogen-bond acceptors (Lipinski definition) is 3. The quantitative estimate of drug-likeness (QED) is 0.756. The lowest BCUT2D eigenvalue weighted by molar-refractivity contribution is 0.400. The van der Waals surface area contributed by atoms with Crippen LogP contribution in [0.25, 0.3) is 0 Å². The standard InChI is InChI=1S/C16H22IN3O/c1-5-9-20-16(13(21-4)10-19-20)15(18-3)12-8-6-7-11(2)14(12)17/h6-8,10,15,18H,5,9H2,1-4H3. The molecular formula is C16H22IN3O. The predicted molar refractivity (Wildman–Crippen MR) is 93.9 cm³/mol. The van der Waals surface area contributed by atoms with Crippen molar-refractivity contribution in [2.45, 2.75) is 32.9 Å². The third-order valence-corrected chi connectivity index (χ3v) is 5.07. The van der Waals surface area contributed by atoms with Crippen LogP contribution in [-0.2, 0) is 6.54 Å². The van der Waals surface area contributed by atoms with Crippen molar-refractivity contribution < 1.29 is 4.74 Å². The first-order valence-electron chi connectivity index (χ1n) is 7.16. The lowest BCUT2D eigenvalue weighted by Gasteiger charge is -2.21. The van der Waals surface area contributed by atoms with Crippen LogP contribution in [0.15, 0.2) is 24.4 Å². The molecule has 0 aliphatic carbocycles. The number of rotatable bonds is 6. The highest BCUT2D eigenvalue weighted by Gasteiger charge is 2.24. The molecule has 4 nitrogen and oxygen atoms in total. The van der Waals surface area contributed by atoms with Crippen LogP contribution in [0.1, 0.15) is 36.2 Å². The van der Waals surface area contributed by atoms with E-state index in [0.29, 0.717) is 0 Å². The molecule has 0 amide bonds. The minimum absolute atomic E-state index is 0.0702. The fourth-order valence-corrected chi connectivity index (χ4v) is 3.22. The second kappa shape index (κ2) is 7.26. The number of benzene rings is 1. The topological polar surface area (TPSA) is 39.1 Å². The molecule has 0 bridgehead atoms. The van der Waals surface area contributed by atoms with Crippen LogP contribution in [0.4, 0.5) is 0 Å². The maximum Gasteiger partial charge on any atom is 0.161 e. The summed E-state index contributed by atoms with van der Waals surface area (Å²) in [4.78, 5) is 0. The molecule has 2 aromatic rings. The van der Waals surface area contributed by atoms with Gasteiger partial charge in [-0.2, -0.15) is 5.10 Å². The van der Waals surface area contributed by atoms with Gasteiger partial charge in [-0.1, -0.05) is 25.1 Å². The Labute approximate surface area is 140 Å². The summed E-state index contributed by atoms with van der Waals surface area (Å²) >= 11 is 2.41. The summed E-state index contributed by atoms with van der Waals surface area (Å²) in [5, 5.41) is 7.89. The third kappa shape index (κ3) is 3.23. The Bertz CT molecular complexity index is 610. The number of methoxy groups -OCH3 is 1. The van der Waals surface area contributed by atoms with Gasteiger partial charge in [0.15, 0.2) is 5.75 Å². The van der Waals surface area contributed by atoms with E-state index in [0.717, 1.165) is 24.4 Å². The second-order valence-corrected chi connectivity index (χ2v) is 6.10. The van der Waals surface area contributed by atoms with Crippen molar-refractivity contribution in [1.29, 1.82) is 0 Å². The predicted octanol–water partition coefficient (Wildman–Crippen LogP) is 3.52. The van der Waals surface area contributed by atoms with Crippen molar-refractivity contribution in [2.24, 2.45) is 0 Å². The number of halogens is 1. The molecule has 1 aromatic heterocycles. The highest BCUT2D eigenvalue weighted by atomic mass is 127. The summed E-state index contributed by atoms with van der Waals surface area (Å²) < 4.78 is 8.84. The minimum Gasteiger partial charge on any atom is -0.493 e. The molecule has 21 heavy (non-hydrogen) atoms. The van der Waals surface area contributed by atoms with Gasteiger partial charge < -0.3 is 10.1 Å². The highest BCUT2D eigenvalue weighted by Crippen LogP contribution is 2.33. The van der Waals surface area contributed by atoms with E-state index in [9.17, 15) is 0 Å². The number of nitrogens with zero attached hydrogens (tertiary/aromatic N) is 2. The summed E-state index contributed by atoms with van der Waals surface area (Å²) in [7, 11) is 3.68. The van der Waals surface area contributed by atoms with E-state index in [2.05, 4.69) is 65.1 Å². The van der Waals surface area contributed by atoms with Gasteiger partial charge in [0.1, 0.15) is 5.69 Å². The Kier molecular flexibility index (Phi) is 5.64. The summed E-state index contributed by atoms with van der Waals surface area (Å²) in [6.45, 7) is 5.18. The van der Waals surface area contributed by atoms with Crippen molar-refractivity contribution in [3.8, 4) is 5.75 Å². The average Bonchev–Trinajstić information content (AvgIpc) is 2.88. The zero-order valence-corrected chi connectivity index (χ0v) is 15.1. The summed E-state index contributed by atoms with van der Waals surface area (Å²) in [5.41, 5.74) is 3.63. The zero-order valence-electron chi connectivity index (χ0n) is 13.0. The summed E-state index contributed by atoms with van der Waals surface area (Å²) in [6, 6.07) is 6.47. The molecule has 1 unspecified atom stereocenters. The van der Waals surface area contributed by atoms with Crippen molar-refractivity contribution in [1.82, 2.24) is 15.1 Å². The lowest BCUT2D eigenvalue weighted by atomic mass is 10.0. The van der Waals surface area contributed by atoms with Gasteiger partial charge in [-0.25, -0.2) is 0 Å². The zero-order chi connectivity index (χ0) is 15.4. The maximum atomic E-state index is 5.52. The van der Waals surface area contributed by atoms with Gasteiger partial charge in [0.25, 0.3) is 0 Å². The monoisotopic (exact) mass is 399 g/mol. The van der Waals surface area contributed by atoms with Crippen LogP contribution < -0.4 is 10.1 Å². The van der Waals surface area contributed by atoms with E-state index < -0.39 is 0 Å². The largest absolute Gasteiger partial charge is 0.493 e. The first-order valence-corrected chi connectivity index (χ1v) is 8.23. The molecule has 1 atom stereocenters. The number of aryl methyl sites for hydroxylation is 2. The Hall–Kier alpha value is -1.08. The number of nitrogens with one attached hydrogen (secondary N) is 1. The van der Waals surface area contributed by atoms with Crippen molar-refractivity contribution >= 4 is 22.6 Å². The molecule has 0 spiro atoms. The smallest absolute Gasteiger partial charge is 0.161 e. The fourth-order valence-electron chi connectivity index (χ4n) is 2.55. The van der Waals surface area contributed by atoms with Crippen LogP contribution in [-0.4, -0.2) is 23.9 Å². The number of aromatic nitrogens is 2. The van der Waals surface area contributed by atoms with Gasteiger partial charge in [0, 0.05) is 10.1 Å². The second-order valence-electron chi connectivity index (χ2n) is 5.02. The van der Waals surface area contributed by atoms with Gasteiger partial charge in [-0.15, -0.1) is 0 Å². The molecule has 1 heterocycles. The molecule has 5 heteroatoms. The Morgan fingerprint density at radius 2 is 2.19 bits per heavy atom. The van der Waals surface area contributed by atoms with Gasteiger partial charge in [-0.3, -0.25) is 4.68 Å². The average molecular weight is 399 g/mol. The number of ether oxygens (including phenoxy) is 1. The summed E-state index contributed by atoms with van der Waals surface area (Å²) in [6.07, 6.45) is 2.84. The van der Waals surface area contributed by atoms with Crippen molar-refractivity contribution in [2.75, 3.05) is 14.2 Å². The Morgan fingerprint density at radius 1 is 1.43 bits per heavy atom. The van der Waals surface area contributed by atoms with Crippen LogP contribution >= 0.6 is 22.6 Å². The maximum absolute atomic E-state index is 5.52. The Balaban J connectivity index is 2.55. The van der Waals surface area contributed by atoms with E-state index in [4.69, 9.17) is 4.74 Å². The van der Waals surface area contributed by atoms with Crippen molar-refractivity contribution in [3.63, 3.8) is 0 Å². The first kappa shape index (κ1) is 16.3. The minimum atomic E-state index is 0.0702. The Morgan fingerprint density at radius 3 is 2.81 bits per heavy atom. The van der Waals surface area contributed by atoms with E-state index in [-0.39, 0.29) is 6.04 Å². The SMILES string of the molecule is CCCn1ncc(OC)c1C(NC)c1cccc(C)c1I. The first-order chi connectivity index (χ1) is 10.1. The lowest BCUT2D eigenvalue weighted by Crippen LogP contribution is -2.23. The molecular weight excluding hydrogens is 377 g/mol. The van der Waals surface area contributed by atoms with Gasteiger partial charge in [0.05, 0.1) is 19.3 Å². The van der Waals surface area contributed by atoms with E-state index in [1.165, 1.54) is 14.7 Å². The number of hydrogen-bond donors (Lipinski definition) is 1. The van der Waals surface area contributed by atoms with Crippen LogP contribution in [0.5, 0.6) is 5.75 Å². The molecule has 0 fully saturated rings. The summed E-state index contributed by atoms with van der Waals surface area (Å²) in [5.74, 6) is 0.833. The highest BCUT2D eigenvalue weighted by molar-refractivity contribution is 14.1. The van der Waals surface area contributed by atoms with E-state index >= 15 is 0 Å². The van der Waals surface area contributed by atoms with Gasteiger partial charge in [0.2, 0.25) is 0 Å². The van der Waals surface area contributed by atoms with Gasteiger partial charge >= 0.3 is 0 Å². The van der Waals surface area contributed by atoms with Crippen molar-refractivity contribution in [3.05, 3.63) is 44.8 Å². The fraction of sp³-hybridized carbons (Fsp3) is 0.438. The molecule has 0 saturated carbocycles. The third-order valence-electron chi connectivity index (χ3n) is 3.60. The molecule has 114 valence electrons. The molecule has 0 saturated heterocycles. The molecule has 2 rings (SSSR count). The van der Waals surface area contributed by atoms with E-state index in [1.54, 1.807) is 13.3 Å². The molecule has 1 N–H and O–H groups in total. The molecule has 1 aromatic carbocycles. The molecule has 0 radical (unpaired) electrons. The van der Waals surface area contributed by atoms with Crippen LogP contribution in [0.2, 0.25) is 0 Å². The molecule has 0 aliphatic heterocycles. The van der Waals surface area contributed by atoms with Crippen LogP contribution in [0.3, 0.4) is 0 Å². The molecule has 0 aliphatic rings. The van der Waals surface area contributed by atoms with E-state index in [1.807, 2.05) is 11.7 Å². The van der Waals surface area contributed by atoms with Gasteiger partial charge in [-0.05, 0) is 54.1 Å². The van der Waals surface area contributed by atoms with Crippen LogP contribution in [0, 0.1) is 10.5 Å².